The summed E-state index contributed by atoms with van der Waals surface area (Å²) in [5.41, 5.74) is 0. The van der Waals surface area contributed by atoms with Gasteiger partial charge in [-0.3, -0.25) is 0 Å². The molecule has 1 aliphatic carbocycles. The van der Waals surface area contributed by atoms with Crippen LogP contribution in [-0.2, 0) is 0 Å². The van der Waals surface area contributed by atoms with Crippen LogP contribution in [0.5, 0.6) is 0 Å². The standard InChI is InChI=1S/C15H27N3O/c1-17-9-3-7-13(11-17)16-15(19)18-10-4-8-14(18)12-5-2-6-12/h12-14H,2-11H2,1H3,(H,16,19). The lowest BCUT2D eigenvalue weighted by molar-refractivity contribution is 0.132. The first-order chi connectivity index (χ1) is 9.24. The van der Waals surface area contributed by atoms with Crippen LogP contribution in [0.15, 0.2) is 0 Å². The highest BCUT2D eigenvalue weighted by Gasteiger charge is 2.37. The molecule has 3 rings (SSSR count). The molecule has 0 bridgehead atoms. The van der Waals surface area contributed by atoms with Gasteiger partial charge in [-0.1, -0.05) is 6.42 Å². The smallest absolute Gasteiger partial charge is 0.317 e. The molecule has 1 N–H and O–H groups in total. The molecule has 3 fully saturated rings. The molecule has 4 heteroatoms. The van der Waals surface area contributed by atoms with Gasteiger partial charge in [0.05, 0.1) is 0 Å². The Hall–Kier alpha value is -0.770. The summed E-state index contributed by atoms with van der Waals surface area (Å²) < 4.78 is 0. The Morgan fingerprint density at radius 3 is 2.53 bits per heavy atom. The molecule has 2 saturated heterocycles. The summed E-state index contributed by atoms with van der Waals surface area (Å²) in [7, 11) is 2.14. The van der Waals surface area contributed by atoms with E-state index in [1.807, 2.05) is 0 Å². The van der Waals surface area contributed by atoms with Crippen molar-refractivity contribution in [2.24, 2.45) is 5.92 Å². The molecule has 2 amide bonds. The average Bonchev–Trinajstić information content (AvgIpc) is 2.75. The van der Waals surface area contributed by atoms with Crippen LogP contribution in [0, 0.1) is 5.92 Å². The molecule has 2 unspecified atom stereocenters. The van der Waals surface area contributed by atoms with Gasteiger partial charge in [-0.2, -0.15) is 0 Å². The molecule has 0 aromatic rings. The Morgan fingerprint density at radius 2 is 1.84 bits per heavy atom. The van der Waals surface area contributed by atoms with Crippen molar-refractivity contribution in [3.8, 4) is 0 Å². The Kier molecular flexibility index (Phi) is 3.96. The Balaban J connectivity index is 1.53. The summed E-state index contributed by atoms with van der Waals surface area (Å²) in [6, 6.07) is 1.10. The molecule has 0 aromatic carbocycles. The first-order valence-electron chi connectivity index (χ1n) is 8.00. The van der Waals surface area contributed by atoms with Crippen molar-refractivity contribution >= 4 is 6.03 Å². The van der Waals surface area contributed by atoms with Crippen molar-refractivity contribution in [2.45, 2.75) is 57.0 Å². The zero-order chi connectivity index (χ0) is 13.2. The van der Waals surface area contributed by atoms with Gasteiger partial charge in [0, 0.05) is 25.2 Å². The molecule has 0 aromatic heterocycles. The van der Waals surface area contributed by atoms with Crippen molar-refractivity contribution < 1.29 is 4.79 Å². The number of likely N-dealkylation sites (tertiary alicyclic amines) is 2. The van der Waals surface area contributed by atoms with Gasteiger partial charge in [0.25, 0.3) is 0 Å². The molecular weight excluding hydrogens is 238 g/mol. The predicted molar refractivity (Wildman–Crippen MR) is 76.1 cm³/mol. The van der Waals surface area contributed by atoms with Crippen molar-refractivity contribution in [3.63, 3.8) is 0 Å². The lowest BCUT2D eigenvalue weighted by Crippen LogP contribution is -2.53. The number of carbonyl (C=O) groups is 1. The fraction of sp³-hybridized carbons (Fsp3) is 0.933. The van der Waals surface area contributed by atoms with E-state index in [1.165, 1.54) is 45.1 Å². The second-order valence-electron chi connectivity index (χ2n) is 6.64. The molecule has 2 atom stereocenters. The van der Waals surface area contributed by atoms with E-state index in [9.17, 15) is 4.79 Å². The van der Waals surface area contributed by atoms with Gasteiger partial charge in [0.1, 0.15) is 0 Å². The van der Waals surface area contributed by atoms with Crippen LogP contribution >= 0.6 is 0 Å². The van der Waals surface area contributed by atoms with E-state index >= 15 is 0 Å². The van der Waals surface area contributed by atoms with Gasteiger partial charge in [-0.15, -0.1) is 0 Å². The molecule has 0 radical (unpaired) electrons. The topological polar surface area (TPSA) is 35.6 Å². The number of amides is 2. The monoisotopic (exact) mass is 265 g/mol. The minimum Gasteiger partial charge on any atom is -0.334 e. The summed E-state index contributed by atoms with van der Waals surface area (Å²) >= 11 is 0. The second-order valence-corrected chi connectivity index (χ2v) is 6.64. The fourth-order valence-electron chi connectivity index (χ4n) is 3.90. The normalized spacial score (nSPS) is 33.2. The van der Waals surface area contributed by atoms with Crippen LogP contribution in [0.1, 0.15) is 44.9 Å². The Bertz CT molecular complexity index is 329. The number of piperidine rings is 1. The first kappa shape index (κ1) is 13.2. The highest BCUT2D eigenvalue weighted by Crippen LogP contribution is 2.37. The maximum absolute atomic E-state index is 12.5. The van der Waals surface area contributed by atoms with Gasteiger partial charge in [0.15, 0.2) is 0 Å². The van der Waals surface area contributed by atoms with Gasteiger partial charge in [0.2, 0.25) is 0 Å². The van der Waals surface area contributed by atoms with Crippen LogP contribution in [0.2, 0.25) is 0 Å². The molecule has 3 aliphatic rings. The highest BCUT2D eigenvalue weighted by molar-refractivity contribution is 5.75. The Labute approximate surface area is 116 Å². The van der Waals surface area contributed by atoms with E-state index < -0.39 is 0 Å². The maximum Gasteiger partial charge on any atom is 0.317 e. The van der Waals surface area contributed by atoms with E-state index in [-0.39, 0.29) is 6.03 Å². The first-order valence-corrected chi connectivity index (χ1v) is 8.00. The van der Waals surface area contributed by atoms with E-state index in [0.717, 1.165) is 25.4 Å². The lowest BCUT2D eigenvalue weighted by Gasteiger charge is -2.38. The summed E-state index contributed by atoms with van der Waals surface area (Å²) in [4.78, 5) is 16.9. The SMILES string of the molecule is CN1CCCC(NC(=O)N2CCCC2C2CCC2)C1. The number of likely N-dealkylation sites (N-methyl/N-ethyl adjacent to an activating group) is 1. The lowest BCUT2D eigenvalue weighted by atomic mass is 9.79. The zero-order valence-corrected chi connectivity index (χ0v) is 12.1. The van der Waals surface area contributed by atoms with Crippen LogP contribution in [0.25, 0.3) is 0 Å². The molecule has 2 heterocycles. The molecule has 2 aliphatic heterocycles. The quantitative estimate of drug-likeness (QED) is 0.829. The van der Waals surface area contributed by atoms with E-state index in [2.05, 4.69) is 22.2 Å². The minimum atomic E-state index is 0.203. The number of hydrogen-bond acceptors (Lipinski definition) is 2. The second kappa shape index (κ2) is 5.70. The molecular formula is C15H27N3O. The van der Waals surface area contributed by atoms with E-state index in [4.69, 9.17) is 0 Å². The zero-order valence-electron chi connectivity index (χ0n) is 12.1. The van der Waals surface area contributed by atoms with Gasteiger partial charge in [-0.05, 0) is 58.0 Å². The largest absolute Gasteiger partial charge is 0.334 e. The third-order valence-corrected chi connectivity index (χ3v) is 5.21. The summed E-state index contributed by atoms with van der Waals surface area (Å²) in [6.45, 7) is 3.14. The average molecular weight is 265 g/mol. The fourth-order valence-corrected chi connectivity index (χ4v) is 3.90. The van der Waals surface area contributed by atoms with Crippen LogP contribution in [0.3, 0.4) is 0 Å². The molecule has 0 spiro atoms. The number of rotatable bonds is 2. The number of nitrogens with zero attached hydrogens (tertiary/aromatic N) is 2. The number of hydrogen-bond donors (Lipinski definition) is 1. The van der Waals surface area contributed by atoms with Crippen molar-refractivity contribution in [3.05, 3.63) is 0 Å². The summed E-state index contributed by atoms with van der Waals surface area (Å²) in [6.07, 6.45) is 8.79. The molecule has 19 heavy (non-hydrogen) atoms. The molecule has 4 nitrogen and oxygen atoms in total. The number of carbonyl (C=O) groups excluding carboxylic acids is 1. The van der Waals surface area contributed by atoms with Gasteiger partial charge >= 0.3 is 6.03 Å². The van der Waals surface area contributed by atoms with Crippen LogP contribution in [0.4, 0.5) is 4.79 Å². The number of urea groups is 1. The van der Waals surface area contributed by atoms with Crippen molar-refractivity contribution in [2.75, 3.05) is 26.7 Å². The molecule has 1 saturated carbocycles. The van der Waals surface area contributed by atoms with Crippen LogP contribution in [-0.4, -0.2) is 54.6 Å². The highest BCUT2D eigenvalue weighted by atomic mass is 16.2. The van der Waals surface area contributed by atoms with Gasteiger partial charge in [-0.25, -0.2) is 4.79 Å². The Morgan fingerprint density at radius 1 is 1.05 bits per heavy atom. The summed E-state index contributed by atoms with van der Waals surface area (Å²) in [5.74, 6) is 0.794. The third kappa shape index (κ3) is 2.88. The third-order valence-electron chi connectivity index (χ3n) is 5.21. The molecule has 108 valence electrons. The summed E-state index contributed by atoms with van der Waals surface area (Å²) in [5, 5.41) is 3.27. The maximum atomic E-state index is 12.5. The predicted octanol–water partition coefficient (Wildman–Crippen LogP) is 2.05. The van der Waals surface area contributed by atoms with E-state index in [1.54, 1.807) is 0 Å². The number of nitrogens with one attached hydrogen (secondary N) is 1. The van der Waals surface area contributed by atoms with Crippen molar-refractivity contribution in [1.82, 2.24) is 15.1 Å². The van der Waals surface area contributed by atoms with Crippen LogP contribution < -0.4 is 5.32 Å². The minimum absolute atomic E-state index is 0.203. The van der Waals surface area contributed by atoms with E-state index in [0.29, 0.717) is 12.1 Å². The van der Waals surface area contributed by atoms with Gasteiger partial charge < -0.3 is 15.1 Å². The van der Waals surface area contributed by atoms with Crippen molar-refractivity contribution in [1.29, 1.82) is 0 Å².